The highest BCUT2D eigenvalue weighted by Gasteiger charge is 2.15. The van der Waals surface area contributed by atoms with E-state index in [2.05, 4.69) is 5.32 Å². The molecule has 0 aliphatic heterocycles. The monoisotopic (exact) mass is 239 g/mol. The van der Waals surface area contributed by atoms with E-state index in [-0.39, 0.29) is 24.0 Å². The fraction of sp³-hybridized carbons (Fsp3) is 0.417. The molecule has 0 aliphatic carbocycles. The number of aromatic hydroxyl groups is 1. The van der Waals surface area contributed by atoms with Gasteiger partial charge in [-0.05, 0) is 24.6 Å². The van der Waals surface area contributed by atoms with Crippen molar-refractivity contribution in [2.75, 3.05) is 13.7 Å². The molecule has 94 valence electrons. The molecule has 0 heterocycles. The highest BCUT2D eigenvalue weighted by Crippen LogP contribution is 2.22. The number of aliphatic hydroxyl groups is 1. The number of benzene rings is 1. The van der Waals surface area contributed by atoms with Crippen LogP contribution in [0.1, 0.15) is 23.7 Å². The van der Waals surface area contributed by atoms with Gasteiger partial charge in [0.05, 0.1) is 25.3 Å². The number of nitrogens with one attached hydrogen (secondary N) is 1. The Hall–Kier alpha value is -1.75. The highest BCUT2D eigenvalue weighted by molar-refractivity contribution is 5.97. The number of ether oxygens (including phenoxy) is 1. The van der Waals surface area contributed by atoms with E-state index in [0.29, 0.717) is 12.2 Å². The molecule has 0 radical (unpaired) electrons. The summed E-state index contributed by atoms with van der Waals surface area (Å²) in [6.07, 6.45) is 0.618. The smallest absolute Gasteiger partial charge is 0.255 e. The first-order valence-corrected chi connectivity index (χ1v) is 5.41. The summed E-state index contributed by atoms with van der Waals surface area (Å²) < 4.78 is 4.98. The molecule has 0 spiro atoms. The van der Waals surface area contributed by atoms with E-state index in [9.17, 15) is 9.90 Å². The van der Waals surface area contributed by atoms with Crippen LogP contribution in [0.25, 0.3) is 0 Å². The molecule has 0 aromatic heterocycles. The molecule has 0 fully saturated rings. The van der Waals surface area contributed by atoms with E-state index in [1.807, 2.05) is 6.92 Å². The van der Waals surface area contributed by atoms with Crippen molar-refractivity contribution in [3.8, 4) is 11.5 Å². The topological polar surface area (TPSA) is 78.8 Å². The van der Waals surface area contributed by atoms with Gasteiger partial charge in [0.2, 0.25) is 0 Å². The second-order valence-electron chi connectivity index (χ2n) is 3.64. The van der Waals surface area contributed by atoms with Crippen LogP contribution in [0.2, 0.25) is 0 Å². The molecular weight excluding hydrogens is 222 g/mol. The fourth-order valence-electron chi connectivity index (χ4n) is 1.36. The Morgan fingerprint density at radius 3 is 2.76 bits per heavy atom. The van der Waals surface area contributed by atoms with Gasteiger partial charge in [0.25, 0.3) is 5.91 Å². The van der Waals surface area contributed by atoms with Gasteiger partial charge < -0.3 is 20.3 Å². The molecule has 1 aromatic rings. The third kappa shape index (κ3) is 3.35. The fourth-order valence-corrected chi connectivity index (χ4v) is 1.36. The first kappa shape index (κ1) is 13.3. The third-order valence-corrected chi connectivity index (χ3v) is 2.50. The Kier molecular flexibility index (Phi) is 4.78. The van der Waals surface area contributed by atoms with Crippen LogP contribution in [0.4, 0.5) is 0 Å². The van der Waals surface area contributed by atoms with Crippen LogP contribution in [0.3, 0.4) is 0 Å². The van der Waals surface area contributed by atoms with Gasteiger partial charge in [0, 0.05) is 0 Å². The molecule has 5 heteroatoms. The van der Waals surface area contributed by atoms with Crippen molar-refractivity contribution in [1.29, 1.82) is 0 Å². The molecule has 17 heavy (non-hydrogen) atoms. The van der Waals surface area contributed by atoms with Crippen LogP contribution in [0, 0.1) is 0 Å². The van der Waals surface area contributed by atoms with Gasteiger partial charge in [0.15, 0.2) is 0 Å². The van der Waals surface area contributed by atoms with Crippen LogP contribution < -0.4 is 10.1 Å². The maximum atomic E-state index is 11.8. The summed E-state index contributed by atoms with van der Waals surface area (Å²) >= 11 is 0. The summed E-state index contributed by atoms with van der Waals surface area (Å²) in [5.41, 5.74) is 0.135. The van der Waals surface area contributed by atoms with Crippen molar-refractivity contribution in [1.82, 2.24) is 5.32 Å². The lowest BCUT2D eigenvalue weighted by atomic mass is 10.1. The van der Waals surface area contributed by atoms with Crippen molar-refractivity contribution in [2.24, 2.45) is 0 Å². The Labute approximate surface area is 100 Å². The lowest BCUT2D eigenvalue weighted by molar-refractivity contribution is 0.0912. The molecule has 1 aromatic carbocycles. The summed E-state index contributed by atoms with van der Waals surface area (Å²) in [7, 11) is 1.48. The zero-order valence-electron chi connectivity index (χ0n) is 9.93. The minimum absolute atomic E-state index is 0.115. The van der Waals surface area contributed by atoms with Crippen LogP contribution in [-0.2, 0) is 0 Å². The van der Waals surface area contributed by atoms with Crippen molar-refractivity contribution < 1.29 is 19.7 Å². The van der Waals surface area contributed by atoms with Gasteiger partial charge in [-0.25, -0.2) is 0 Å². The Balaban J connectivity index is 2.87. The molecule has 1 atom stereocenters. The summed E-state index contributed by atoms with van der Waals surface area (Å²) in [4.78, 5) is 11.8. The van der Waals surface area contributed by atoms with Gasteiger partial charge in [-0.2, -0.15) is 0 Å². The molecule has 1 amide bonds. The number of aliphatic hydroxyl groups excluding tert-OH is 1. The maximum Gasteiger partial charge on any atom is 0.255 e. The Morgan fingerprint density at radius 1 is 1.53 bits per heavy atom. The number of carbonyl (C=O) groups excluding carboxylic acids is 1. The van der Waals surface area contributed by atoms with E-state index in [4.69, 9.17) is 9.84 Å². The summed E-state index contributed by atoms with van der Waals surface area (Å²) in [5.74, 6) is -0.0524. The lowest BCUT2D eigenvalue weighted by Crippen LogP contribution is -2.36. The number of hydrogen-bond donors (Lipinski definition) is 3. The number of amides is 1. The average molecular weight is 239 g/mol. The van der Waals surface area contributed by atoms with Crippen LogP contribution in [0.5, 0.6) is 11.5 Å². The van der Waals surface area contributed by atoms with Gasteiger partial charge >= 0.3 is 0 Å². The molecule has 3 N–H and O–H groups in total. The van der Waals surface area contributed by atoms with Crippen LogP contribution in [-0.4, -0.2) is 35.9 Å². The minimum Gasteiger partial charge on any atom is -0.507 e. The number of rotatable bonds is 5. The van der Waals surface area contributed by atoms with Gasteiger partial charge in [-0.1, -0.05) is 6.92 Å². The second kappa shape index (κ2) is 6.10. The summed E-state index contributed by atoms with van der Waals surface area (Å²) in [5, 5.41) is 21.2. The van der Waals surface area contributed by atoms with Crippen LogP contribution >= 0.6 is 0 Å². The molecule has 5 nitrogen and oxygen atoms in total. The predicted molar refractivity (Wildman–Crippen MR) is 63.3 cm³/mol. The first-order valence-electron chi connectivity index (χ1n) is 5.41. The molecule has 0 aliphatic rings. The maximum absolute atomic E-state index is 11.8. The quantitative estimate of drug-likeness (QED) is 0.713. The zero-order chi connectivity index (χ0) is 12.8. The average Bonchev–Trinajstić information content (AvgIpc) is 2.36. The van der Waals surface area contributed by atoms with E-state index >= 15 is 0 Å². The molecule has 0 bridgehead atoms. The zero-order valence-corrected chi connectivity index (χ0v) is 9.93. The molecule has 1 unspecified atom stereocenters. The number of phenolic OH excluding ortho intramolecular Hbond substituents is 1. The molecule has 0 saturated heterocycles. The summed E-state index contributed by atoms with van der Waals surface area (Å²) in [6, 6.07) is 4.10. The van der Waals surface area contributed by atoms with Crippen molar-refractivity contribution in [3.63, 3.8) is 0 Å². The normalized spacial score (nSPS) is 11.9. The van der Waals surface area contributed by atoms with Gasteiger partial charge in [-0.3, -0.25) is 4.79 Å². The number of carbonyl (C=O) groups is 1. The molecular formula is C12H17NO4. The predicted octanol–water partition coefficient (Wildman–Crippen LogP) is 0.902. The van der Waals surface area contributed by atoms with Crippen molar-refractivity contribution >= 4 is 5.91 Å². The Bertz CT molecular complexity index is 388. The first-order chi connectivity index (χ1) is 8.12. The highest BCUT2D eigenvalue weighted by atomic mass is 16.5. The molecule has 1 rings (SSSR count). The largest absolute Gasteiger partial charge is 0.507 e. The van der Waals surface area contributed by atoms with Crippen molar-refractivity contribution in [3.05, 3.63) is 23.8 Å². The second-order valence-corrected chi connectivity index (χ2v) is 3.64. The standard InChI is InChI=1S/C12H17NO4/c1-3-8(7-14)13-12(16)10-6-9(17-2)4-5-11(10)15/h4-6,8,14-15H,3,7H2,1-2H3,(H,13,16). The number of methoxy groups -OCH3 is 1. The van der Waals surface area contributed by atoms with E-state index < -0.39 is 5.91 Å². The molecule has 0 saturated carbocycles. The van der Waals surface area contributed by atoms with Gasteiger partial charge in [0.1, 0.15) is 11.5 Å². The number of hydrogen-bond acceptors (Lipinski definition) is 4. The minimum atomic E-state index is -0.428. The Morgan fingerprint density at radius 2 is 2.24 bits per heavy atom. The van der Waals surface area contributed by atoms with Crippen molar-refractivity contribution in [2.45, 2.75) is 19.4 Å². The SMILES string of the molecule is CCC(CO)NC(=O)c1cc(OC)ccc1O. The number of phenols is 1. The van der Waals surface area contributed by atoms with Gasteiger partial charge in [-0.15, -0.1) is 0 Å². The van der Waals surface area contributed by atoms with Crippen LogP contribution in [0.15, 0.2) is 18.2 Å². The lowest BCUT2D eigenvalue weighted by Gasteiger charge is -2.14. The van der Waals surface area contributed by atoms with E-state index in [0.717, 1.165) is 0 Å². The third-order valence-electron chi connectivity index (χ3n) is 2.50. The van der Waals surface area contributed by atoms with E-state index in [1.54, 1.807) is 6.07 Å². The summed E-state index contributed by atoms with van der Waals surface area (Å²) in [6.45, 7) is 1.72. The van der Waals surface area contributed by atoms with E-state index in [1.165, 1.54) is 19.2 Å².